The number of hydrogen-bond acceptors (Lipinski definition) is 9. The van der Waals surface area contributed by atoms with Gasteiger partial charge in [0.15, 0.2) is 9.84 Å². The van der Waals surface area contributed by atoms with Crippen molar-refractivity contribution in [1.82, 2.24) is 13.8 Å². The second kappa shape index (κ2) is 12.8. The minimum Gasteiger partial charge on any atom is -0.491 e. The number of aliphatic hydroxyl groups excluding tert-OH is 1. The lowest BCUT2D eigenvalue weighted by Gasteiger charge is -2.38. The van der Waals surface area contributed by atoms with E-state index >= 15 is 0 Å². The molecule has 0 bridgehead atoms. The molecule has 2 aromatic carbocycles. The molecular weight excluding hydrogens is 650 g/mol. The van der Waals surface area contributed by atoms with Crippen LogP contribution in [0.25, 0.3) is 10.9 Å². The van der Waals surface area contributed by atoms with Crippen molar-refractivity contribution < 1.29 is 41.3 Å². The molecule has 15 heteroatoms. The van der Waals surface area contributed by atoms with Crippen molar-refractivity contribution in [2.45, 2.75) is 78.4 Å². The van der Waals surface area contributed by atoms with Crippen LogP contribution in [0.4, 0.5) is 4.79 Å². The number of rotatable bonds is 11. The molecule has 3 fully saturated rings. The number of hydrogen-bond donors (Lipinski definition) is 2. The van der Waals surface area contributed by atoms with Crippen LogP contribution >= 0.6 is 0 Å². The van der Waals surface area contributed by atoms with E-state index in [4.69, 9.17) is 9.47 Å². The number of piperidine rings is 1. The lowest BCUT2D eigenvalue weighted by atomic mass is 9.88. The number of ether oxygens (including phenoxy) is 2. The predicted octanol–water partition coefficient (Wildman–Crippen LogP) is 2.69. The molecule has 1 aliphatic carbocycles. The topological polar surface area (TPSA) is 173 Å². The molecule has 3 heterocycles. The molecule has 0 radical (unpaired) electrons. The van der Waals surface area contributed by atoms with Gasteiger partial charge in [0.05, 0.1) is 40.5 Å². The van der Waals surface area contributed by atoms with E-state index in [9.17, 15) is 36.6 Å². The summed E-state index contributed by atoms with van der Waals surface area (Å²) in [6.07, 6.45) is 1.18. The summed E-state index contributed by atoms with van der Waals surface area (Å²) in [5.41, 5.74) is -0.625. The normalized spacial score (nSPS) is 20.8. The fourth-order valence-corrected chi connectivity index (χ4v) is 9.81. The Morgan fingerprint density at radius 2 is 1.83 bits per heavy atom. The largest absolute Gasteiger partial charge is 0.491 e. The summed E-state index contributed by atoms with van der Waals surface area (Å²) < 4.78 is 67.3. The second-order valence-electron chi connectivity index (χ2n) is 12.5. The van der Waals surface area contributed by atoms with Crippen LogP contribution in [-0.2, 0) is 31.1 Å². The predicted molar refractivity (Wildman–Crippen MR) is 172 cm³/mol. The Balaban J connectivity index is 1.07. The van der Waals surface area contributed by atoms with Crippen LogP contribution < -0.4 is 10.2 Å². The molecule has 1 aromatic heterocycles. The smallest absolute Gasteiger partial charge is 0.407 e. The summed E-state index contributed by atoms with van der Waals surface area (Å²) in [6.45, 7) is 2.14. The molecule has 254 valence electrons. The van der Waals surface area contributed by atoms with Crippen LogP contribution in [0.3, 0.4) is 0 Å². The first-order chi connectivity index (χ1) is 22.3. The van der Waals surface area contributed by atoms with Crippen molar-refractivity contribution in [2.24, 2.45) is 0 Å². The zero-order valence-electron chi connectivity index (χ0n) is 26.0. The summed E-state index contributed by atoms with van der Waals surface area (Å²) in [5, 5.41) is 20.6. The molecule has 47 heavy (non-hydrogen) atoms. The SMILES string of the molecule is CCn1cc(S(=O)(=O)N2CCC3(CC2)CC(N(CC(O)COc2cccc(S(=O)(=O)C4CC4)c2)C(=O)O)CO3)c(=O)c2ccccc21. The first-order valence-electron chi connectivity index (χ1n) is 15.8. The highest BCUT2D eigenvalue weighted by atomic mass is 32.2. The maximum atomic E-state index is 13.7. The number of sulfonamides is 1. The van der Waals surface area contributed by atoms with E-state index < -0.39 is 49.1 Å². The zero-order chi connectivity index (χ0) is 33.6. The van der Waals surface area contributed by atoms with E-state index in [1.807, 2.05) is 6.92 Å². The van der Waals surface area contributed by atoms with E-state index in [0.29, 0.717) is 49.6 Å². The van der Waals surface area contributed by atoms with Crippen molar-refractivity contribution in [3.63, 3.8) is 0 Å². The molecule has 2 N–H and O–H groups in total. The number of sulfone groups is 1. The monoisotopic (exact) mass is 689 g/mol. The van der Waals surface area contributed by atoms with Crippen molar-refractivity contribution in [3.05, 3.63) is 65.0 Å². The van der Waals surface area contributed by atoms with Crippen molar-refractivity contribution in [3.8, 4) is 5.75 Å². The number of aryl methyl sites for hydroxylation is 1. The highest BCUT2D eigenvalue weighted by molar-refractivity contribution is 7.92. The van der Waals surface area contributed by atoms with Crippen molar-refractivity contribution in [2.75, 3.05) is 32.8 Å². The molecule has 13 nitrogen and oxygen atoms in total. The van der Waals surface area contributed by atoms with Crippen molar-refractivity contribution >= 4 is 36.9 Å². The number of carboxylic acid groups (broad SMARTS) is 1. The molecule has 2 atom stereocenters. The number of nitrogens with zero attached hydrogens (tertiary/aromatic N) is 3. The number of amides is 1. The Labute approximate surface area is 273 Å². The minimum absolute atomic E-state index is 0.0829. The van der Waals surface area contributed by atoms with Gasteiger partial charge in [-0.2, -0.15) is 4.31 Å². The van der Waals surface area contributed by atoms with Gasteiger partial charge in [0.25, 0.3) is 0 Å². The van der Waals surface area contributed by atoms with Gasteiger partial charge in [-0.25, -0.2) is 21.6 Å². The number of para-hydroxylation sites is 1. The summed E-state index contributed by atoms with van der Waals surface area (Å²) >= 11 is 0. The third kappa shape index (κ3) is 6.64. The van der Waals surface area contributed by atoms with E-state index in [2.05, 4.69) is 0 Å². The average molecular weight is 690 g/mol. The number of carbonyl (C=O) groups is 1. The molecule has 3 aromatic rings. The van der Waals surface area contributed by atoms with Gasteiger partial charge in [-0.05, 0) is 69.4 Å². The van der Waals surface area contributed by atoms with Crippen molar-refractivity contribution in [1.29, 1.82) is 0 Å². The van der Waals surface area contributed by atoms with E-state index in [-0.39, 0.29) is 53.6 Å². The fraction of sp³-hybridized carbons (Fsp3) is 0.500. The van der Waals surface area contributed by atoms with Gasteiger partial charge in [-0.3, -0.25) is 4.79 Å². The van der Waals surface area contributed by atoms with E-state index in [1.54, 1.807) is 41.0 Å². The maximum Gasteiger partial charge on any atom is 0.407 e. The number of fused-ring (bicyclic) bond motifs is 1. The molecule has 1 spiro atoms. The molecule has 2 saturated heterocycles. The number of aliphatic hydroxyl groups is 1. The van der Waals surface area contributed by atoms with E-state index in [1.165, 1.54) is 22.6 Å². The Morgan fingerprint density at radius 1 is 1.11 bits per heavy atom. The van der Waals surface area contributed by atoms with Crippen LogP contribution in [0.1, 0.15) is 39.0 Å². The zero-order valence-corrected chi connectivity index (χ0v) is 27.7. The number of pyridine rings is 1. The van der Waals surface area contributed by atoms with Gasteiger partial charge >= 0.3 is 6.09 Å². The molecule has 6 rings (SSSR count). The first-order valence-corrected chi connectivity index (χ1v) is 18.7. The fourth-order valence-electron chi connectivity index (χ4n) is 6.57. The third-order valence-electron chi connectivity index (χ3n) is 9.37. The summed E-state index contributed by atoms with van der Waals surface area (Å²) in [5.74, 6) is 0.259. The van der Waals surface area contributed by atoms with Gasteiger partial charge < -0.3 is 29.2 Å². The van der Waals surface area contributed by atoms with Crippen LogP contribution in [0.2, 0.25) is 0 Å². The Morgan fingerprint density at radius 3 is 2.51 bits per heavy atom. The van der Waals surface area contributed by atoms with Crippen LogP contribution in [-0.4, -0.2) is 103 Å². The molecule has 3 aliphatic rings. The lowest BCUT2D eigenvalue weighted by molar-refractivity contribution is -0.0319. The minimum atomic E-state index is -4.10. The molecular formula is C32H39N3O10S2. The van der Waals surface area contributed by atoms with Gasteiger partial charge in [-0.15, -0.1) is 0 Å². The maximum absolute atomic E-state index is 13.7. The van der Waals surface area contributed by atoms with Crippen LogP contribution in [0.15, 0.2) is 69.3 Å². The summed E-state index contributed by atoms with van der Waals surface area (Å²) in [4.78, 5) is 26.5. The molecule has 1 saturated carbocycles. The average Bonchev–Trinajstić information content (AvgIpc) is 3.86. The Kier molecular flexibility index (Phi) is 9.13. The first kappa shape index (κ1) is 33.4. The summed E-state index contributed by atoms with van der Waals surface area (Å²) in [6, 6.07) is 12.4. The van der Waals surface area contributed by atoms with Crippen LogP contribution in [0, 0.1) is 0 Å². The number of benzene rings is 2. The molecule has 2 aliphatic heterocycles. The lowest BCUT2D eigenvalue weighted by Crippen LogP contribution is -2.49. The third-order valence-corrected chi connectivity index (χ3v) is 13.5. The van der Waals surface area contributed by atoms with Gasteiger partial charge in [-0.1, -0.05) is 18.2 Å². The summed E-state index contributed by atoms with van der Waals surface area (Å²) in [7, 11) is -7.52. The molecule has 1 amide bonds. The standard InChI is InChI=1S/C32H39N3O10S2/c1-2-33-19-29(30(37)27-8-3-4-9-28(27)33)47(42,43)34-14-12-32(13-15-34)17-22(20-45-32)35(31(38)39)18-23(36)21-44-24-6-5-7-26(16-24)46(40,41)25-10-11-25/h3-9,16,19,22-23,25,36H,2,10-15,17-18,20-21H2,1H3,(H,38,39). The quantitative estimate of drug-likeness (QED) is 0.305. The Bertz CT molecular complexity index is 1930. The second-order valence-corrected chi connectivity index (χ2v) is 16.6. The van der Waals surface area contributed by atoms with Crippen LogP contribution in [0.5, 0.6) is 5.75 Å². The van der Waals surface area contributed by atoms with Gasteiger partial charge in [0, 0.05) is 31.2 Å². The van der Waals surface area contributed by atoms with Gasteiger partial charge in [0.2, 0.25) is 15.5 Å². The Hall–Kier alpha value is -3.50. The highest BCUT2D eigenvalue weighted by Gasteiger charge is 2.47. The number of aromatic nitrogens is 1. The van der Waals surface area contributed by atoms with Gasteiger partial charge in [0.1, 0.15) is 23.4 Å². The molecule has 2 unspecified atom stereocenters. The van der Waals surface area contributed by atoms with E-state index in [0.717, 1.165) is 4.90 Å². The highest BCUT2D eigenvalue weighted by Crippen LogP contribution is 2.39.